The van der Waals surface area contributed by atoms with Crippen molar-refractivity contribution in [1.29, 1.82) is 0 Å². The van der Waals surface area contributed by atoms with Gasteiger partial charge in [0.15, 0.2) is 0 Å². The van der Waals surface area contributed by atoms with Gasteiger partial charge in [-0.05, 0) is 62.4 Å². The van der Waals surface area contributed by atoms with Crippen molar-refractivity contribution in [3.8, 4) is 11.5 Å². The molecule has 2 aromatic carbocycles. The first-order chi connectivity index (χ1) is 10.8. The van der Waals surface area contributed by atoms with E-state index in [-0.39, 0.29) is 17.4 Å². The number of phenolic OH excluding ortho intramolecular Hbond substituents is 2. The van der Waals surface area contributed by atoms with Gasteiger partial charge >= 0.3 is 6.03 Å². The fourth-order valence-corrected chi connectivity index (χ4v) is 2.66. The average molecular weight is 312 g/mol. The molecule has 1 aliphatic heterocycles. The molecule has 1 fully saturated rings. The van der Waals surface area contributed by atoms with Crippen molar-refractivity contribution in [2.45, 2.75) is 19.4 Å². The van der Waals surface area contributed by atoms with Gasteiger partial charge in [0.25, 0.3) is 5.91 Å². The van der Waals surface area contributed by atoms with Gasteiger partial charge in [-0.15, -0.1) is 0 Å². The number of anilines is 2. The zero-order chi connectivity index (χ0) is 16.8. The maximum atomic E-state index is 12.8. The molecule has 1 saturated heterocycles. The summed E-state index contributed by atoms with van der Waals surface area (Å²) < 4.78 is 0. The van der Waals surface area contributed by atoms with E-state index in [0.717, 1.165) is 4.90 Å². The number of amides is 3. The molecule has 0 atom stereocenters. The van der Waals surface area contributed by atoms with Gasteiger partial charge in [0.2, 0.25) is 0 Å². The molecule has 2 aromatic rings. The summed E-state index contributed by atoms with van der Waals surface area (Å²) in [5.74, 6) is -0.219. The molecule has 6 nitrogen and oxygen atoms in total. The number of rotatable bonds is 2. The number of imide groups is 1. The van der Waals surface area contributed by atoms with Crippen LogP contribution < -0.4 is 9.80 Å². The van der Waals surface area contributed by atoms with E-state index in [1.807, 2.05) is 0 Å². The molecule has 3 amide bonds. The van der Waals surface area contributed by atoms with Gasteiger partial charge in [0, 0.05) is 5.69 Å². The van der Waals surface area contributed by atoms with Crippen LogP contribution in [-0.2, 0) is 4.79 Å². The second-order valence-corrected chi connectivity index (χ2v) is 5.85. The lowest BCUT2D eigenvalue weighted by molar-refractivity contribution is -0.120. The van der Waals surface area contributed by atoms with E-state index >= 15 is 0 Å². The Morgan fingerprint density at radius 3 is 1.70 bits per heavy atom. The van der Waals surface area contributed by atoms with Crippen LogP contribution in [-0.4, -0.2) is 27.7 Å². The van der Waals surface area contributed by atoms with E-state index in [1.54, 1.807) is 26.0 Å². The lowest BCUT2D eigenvalue weighted by Crippen LogP contribution is -2.44. The molecule has 0 unspecified atom stereocenters. The maximum Gasteiger partial charge on any atom is 0.336 e. The minimum atomic E-state index is -1.06. The smallest absolute Gasteiger partial charge is 0.336 e. The maximum absolute atomic E-state index is 12.8. The van der Waals surface area contributed by atoms with Crippen molar-refractivity contribution in [2.75, 3.05) is 9.80 Å². The topological polar surface area (TPSA) is 81.1 Å². The summed E-state index contributed by atoms with van der Waals surface area (Å²) in [6.07, 6.45) is 0. The standard InChI is InChI=1S/C17H16N2O4/c1-17(2)15(22)18(11-3-7-13(20)8-4-11)16(23)19(17)12-5-9-14(21)10-6-12/h3-10,20-21H,1-2H3. The van der Waals surface area contributed by atoms with Crippen LogP contribution in [0, 0.1) is 0 Å². The SMILES string of the molecule is CC1(C)C(=O)N(c2ccc(O)cc2)C(=O)N1c1ccc(O)cc1. The summed E-state index contributed by atoms with van der Waals surface area (Å²) in [5, 5.41) is 18.8. The van der Waals surface area contributed by atoms with Crippen molar-refractivity contribution >= 4 is 23.3 Å². The minimum Gasteiger partial charge on any atom is -0.508 e. The summed E-state index contributed by atoms with van der Waals surface area (Å²) in [7, 11) is 0. The van der Waals surface area contributed by atoms with Crippen molar-refractivity contribution < 1.29 is 19.8 Å². The average Bonchev–Trinajstić information content (AvgIpc) is 2.68. The van der Waals surface area contributed by atoms with Gasteiger partial charge < -0.3 is 10.2 Å². The molecule has 118 valence electrons. The van der Waals surface area contributed by atoms with E-state index in [1.165, 1.54) is 41.3 Å². The van der Waals surface area contributed by atoms with Gasteiger partial charge in [0.05, 0.1) is 5.69 Å². The van der Waals surface area contributed by atoms with E-state index in [0.29, 0.717) is 11.4 Å². The number of benzene rings is 2. The third kappa shape index (κ3) is 2.28. The molecule has 0 saturated carbocycles. The molecule has 3 rings (SSSR count). The summed E-state index contributed by atoms with van der Waals surface area (Å²) in [4.78, 5) is 28.0. The molecule has 1 heterocycles. The van der Waals surface area contributed by atoms with Crippen LogP contribution in [0.4, 0.5) is 16.2 Å². The fraction of sp³-hybridized carbons (Fsp3) is 0.176. The highest BCUT2D eigenvalue weighted by Crippen LogP contribution is 2.36. The Labute approximate surface area is 133 Å². The van der Waals surface area contributed by atoms with Gasteiger partial charge in [-0.25, -0.2) is 9.69 Å². The highest BCUT2D eigenvalue weighted by atomic mass is 16.3. The van der Waals surface area contributed by atoms with Crippen LogP contribution >= 0.6 is 0 Å². The third-order valence-corrected chi connectivity index (χ3v) is 3.88. The van der Waals surface area contributed by atoms with Crippen molar-refractivity contribution in [2.24, 2.45) is 0 Å². The predicted octanol–water partition coefficient (Wildman–Crippen LogP) is 2.85. The Hall–Kier alpha value is -3.02. The van der Waals surface area contributed by atoms with Crippen LogP contribution in [0.25, 0.3) is 0 Å². The Morgan fingerprint density at radius 2 is 1.22 bits per heavy atom. The third-order valence-electron chi connectivity index (χ3n) is 3.88. The lowest BCUT2D eigenvalue weighted by atomic mass is 10.0. The summed E-state index contributed by atoms with van der Waals surface area (Å²) in [5.41, 5.74) is -0.147. The van der Waals surface area contributed by atoms with E-state index in [2.05, 4.69) is 0 Å². The molecular formula is C17H16N2O4. The lowest BCUT2D eigenvalue weighted by Gasteiger charge is -2.27. The Bertz CT molecular complexity index is 766. The highest BCUT2D eigenvalue weighted by molar-refractivity contribution is 6.30. The number of aromatic hydroxyl groups is 2. The number of carbonyl (C=O) groups is 2. The van der Waals surface area contributed by atoms with Crippen molar-refractivity contribution in [1.82, 2.24) is 0 Å². The number of hydrogen-bond donors (Lipinski definition) is 2. The number of nitrogens with zero attached hydrogens (tertiary/aromatic N) is 2. The zero-order valence-corrected chi connectivity index (χ0v) is 12.7. The van der Waals surface area contributed by atoms with Crippen molar-refractivity contribution in [3.05, 3.63) is 48.5 Å². The van der Waals surface area contributed by atoms with Crippen LogP contribution in [0.5, 0.6) is 11.5 Å². The normalized spacial score (nSPS) is 17.0. The van der Waals surface area contributed by atoms with Crippen LogP contribution in [0.2, 0.25) is 0 Å². The number of urea groups is 1. The molecular weight excluding hydrogens is 296 g/mol. The summed E-state index contributed by atoms with van der Waals surface area (Å²) >= 11 is 0. The monoisotopic (exact) mass is 312 g/mol. The predicted molar refractivity (Wildman–Crippen MR) is 85.7 cm³/mol. The first kappa shape index (κ1) is 14.9. The Kier molecular flexibility index (Phi) is 3.25. The molecule has 0 aromatic heterocycles. The van der Waals surface area contributed by atoms with E-state index in [9.17, 15) is 19.8 Å². The Morgan fingerprint density at radius 1 is 0.783 bits per heavy atom. The van der Waals surface area contributed by atoms with Crippen LogP contribution in [0.3, 0.4) is 0 Å². The number of hydrogen-bond acceptors (Lipinski definition) is 4. The highest BCUT2D eigenvalue weighted by Gasteiger charge is 2.52. The molecule has 2 N–H and O–H groups in total. The largest absolute Gasteiger partial charge is 0.508 e. The van der Waals surface area contributed by atoms with Crippen LogP contribution in [0.1, 0.15) is 13.8 Å². The van der Waals surface area contributed by atoms with E-state index in [4.69, 9.17) is 0 Å². The first-order valence-electron chi connectivity index (χ1n) is 7.09. The molecule has 0 bridgehead atoms. The first-order valence-corrected chi connectivity index (χ1v) is 7.09. The number of carbonyl (C=O) groups excluding carboxylic acids is 2. The molecule has 0 aliphatic carbocycles. The van der Waals surface area contributed by atoms with Crippen molar-refractivity contribution in [3.63, 3.8) is 0 Å². The molecule has 23 heavy (non-hydrogen) atoms. The molecule has 0 spiro atoms. The minimum absolute atomic E-state index is 0.0579. The fourth-order valence-electron chi connectivity index (χ4n) is 2.66. The zero-order valence-electron chi connectivity index (χ0n) is 12.7. The van der Waals surface area contributed by atoms with Gasteiger partial charge in [-0.1, -0.05) is 0 Å². The summed E-state index contributed by atoms with van der Waals surface area (Å²) in [6.45, 7) is 3.33. The molecule has 1 aliphatic rings. The number of phenols is 2. The van der Waals surface area contributed by atoms with Gasteiger partial charge in [0.1, 0.15) is 17.0 Å². The second-order valence-electron chi connectivity index (χ2n) is 5.85. The van der Waals surface area contributed by atoms with E-state index < -0.39 is 11.6 Å². The van der Waals surface area contributed by atoms with Crippen LogP contribution in [0.15, 0.2) is 48.5 Å². The Balaban J connectivity index is 2.05. The summed E-state index contributed by atoms with van der Waals surface area (Å²) in [6, 6.07) is 11.5. The quantitative estimate of drug-likeness (QED) is 0.836. The molecule has 6 heteroatoms. The van der Waals surface area contributed by atoms with Gasteiger partial charge in [-0.2, -0.15) is 0 Å². The second kappa shape index (κ2) is 5.01. The van der Waals surface area contributed by atoms with Gasteiger partial charge in [-0.3, -0.25) is 9.69 Å². The molecule has 0 radical (unpaired) electrons.